The summed E-state index contributed by atoms with van der Waals surface area (Å²) < 4.78 is 0. The summed E-state index contributed by atoms with van der Waals surface area (Å²) in [6.07, 6.45) is 1.87. The molecule has 0 saturated carbocycles. The number of halogens is 1. The van der Waals surface area contributed by atoms with Gasteiger partial charge in [0.1, 0.15) is 6.04 Å². The van der Waals surface area contributed by atoms with E-state index in [0.717, 1.165) is 16.5 Å². The van der Waals surface area contributed by atoms with Gasteiger partial charge < -0.3 is 20.7 Å². The van der Waals surface area contributed by atoms with Gasteiger partial charge in [-0.15, -0.1) is 0 Å². The SMILES string of the molecule is O=C(CCNC(=O)c1ccc(Cl)cc1)NC(Cc1c[nH]c2ccccc12)C(=O)O. The van der Waals surface area contributed by atoms with Gasteiger partial charge in [-0.2, -0.15) is 0 Å². The van der Waals surface area contributed by atoms with E-state index in [-0.39, 0.29) is 25.3 Å². The number of aromatic amines is 1. The molecule has 0 aliphatic carbocycles. The summed E-state index contributed by atoms with van der Waals surface area (Å²) in [7, 11) is 0. The van der Waals surface area contributed by atoms with Crippen LogP contribution >= 0.6 is 11.6 Å². The number of carbonyl (C=O) groups is 3. The second kappa shape index (κ2) is 9.25. The third-order valence-corrected chi connectivity index (χ3v) is 4.73. The minimum Gasteiger partial charge on any atom is -0.480 e. The zero-order chi connectivity index (χ0) is 20.8. The Morgan fingerprint density at radius 1 is 1.07 bits per heavy atom. The summed E-state index contributed by atoms with van der Waals surface area (Å²) in [4.78, 5) is 38.9. The lowest BCUT2D eigenvalue weighted by Crippen LogP contribution is -2.43. The fourth-order valence-corrected chi connectivity index (χ4v) is 3.11. The van der Waals surface area contributed by atoms with E-state index < -0.39 is 17.9 Å². The van der Waals surface area contributed by atoms with E-state index in [9.17, 15) is 19.5 Å². The molecule has 8 heteroatoms. The number of benzene rings is 2. The van der Waals surface area contributed by atoms with Gasteiger partial charge in [0.15, 0.2) is 0 Å². The number of hydrogen-bond acceptors (Lipinski definition) is 3. The number of carboxylic acids is 1. The highest BCUT2D eigenvalue weighted by Crippen LogP contribution is 2.19. The summed E-state index contributed by atoms with van der Waals surface area (Å²) >= 11 is 5.78. The van der Waals surface area contributed by atoms with E-state index in [1.807, 2.05) is 24.3 Å². The van der Waals surface area contributed by atoms with Crippen LogP contribution in [0.3, 0.4) is 0 Å². The number of aliphatic carboxylic acids is 1. The molecule has 2 amide bonds. The summed E-state index contributed by atoms with van der Waals surface area (Å²) in [5.41, 5.74) is 2.14. The number of amides is 2. The van der Waals surface area contributed by atoms with Crippen molar-refractivity contribution in [2.24, 2.45) is 0 Å². The molecule has 3 rings (SSSR count). The van der Waals surface area contributed by atoms with Crippen LogP contribution in [-0.4, -0.2) is 40.5 Å². The van der Waals surface area contributed by atoms with Gasteiger partial charge in [-0.25, -0.2) is 4.79 Å². The summed E-state index contributed by atoms with van der Waals surface area (Å²) in [6, 6.07) is 12.9. The molecule has 0 spiro atoms. The van der Waals surface area contributed by atoms with Gasteiger partial charge in [0.25, 0.3) is 5.91 Å². The Hall–Kier alpha value is -3.32. The summed E-state index contributed by atoms with van der Waals surface area (Å²) in [5, 5.41) is 16.1. The number of H-pyrrole nitrogens is 1. The van der Waals surface area contributed by atoms with E-state index >= 15 is 0 Å². The molecule has 29 heavy (non-hydrogen) atoms. The Morgan fingerprint density at radius 2 is 1.79 bits per heavy atom. The molecule has 2 aromatic carbocycles. The maximum atomic E-state index is 12.2. The molecule has 4 N–H and O–H groups in total. The highest BCUT2D eigenvalue weighted by atomic mass is 35.5. The van der Waals surface area contributed by atoms with Gasteiger partial charge in [0, 0.05) is 47.1 Å². The van der Waals surface area contributed by atoms with Crippen LogP contribution in [-0.2, 0) is 16.0 Å². The van der Waals surface area contributed by atoms with Crippen molar-refractivity contribution in [2.75, 3.05) is 6.54 Å². The Morgan fingerprint density at radius 3 is 2.52 bits per heavy atom. The standard InChI is InChI=1S/C21H20ClN3O4/c22-15-7-5-13(6-8-15)20(27)23-10-9-19(26)25-18(21(28)29)11-14-12-24-17-4-2-1-3-16(14)17/h1-8,12,18,24H,9-11H2,(H,23,27)(H,25,26)(H,28,29). The van der Waals surface area contributed by atoms with Crippen LogP contribution in [0.15, 0.2) is 54.7 Å². The molecule has 7 nitrogen and oxygen atoms in total. The largest absolute Gasteiger partial charge is 0.480 e. The first kappa shape index (κ1) is 20.4. The number of para-hydroxylation sites is 1. The monoisotopic (exact) mass is 413 g/mol. The Bertz CT molecular complexity index is 1030. The van der Waals surface area contributed by atoms with Gasteiger partial charge in [-0.1, -0.05) is 29.8 Å². The first-order valence-corrected chi connectivity index (χ1v) is 9.43. The molecule has 0 aliphatic rings. The van der Waals surface area contributed by atoms with Crippen LogP contribution in [0.1, 0.15) is 22.3 Å². The third kappa shape index (κ3) is 5.36. The van der Waals surface area contributed by atoms with Gasteiger partial charge >= 0.3 is 5.97 Å². The molecule has 1 aromatic heterocycles. The first-order valence-electron chi connectivity index (χ1n) is 9.05. The van der Waals surface area contributed by atoms with Gasteiger partial charge in [0.2, 0.25) is 5.91 Å². The maximum Gasteiger partial charge on any atom is 0.326 e. The average molecular weight is 414 g/mol. The summed E-state index contributed by atoms with van der Waals surface area (Å²) in [5.74, 6) is -1.90. The van der Waals surface area contributed by atoms with Crippen molar-refractivity contribution in [3.8, 4) is 0 Å². The maximum absolute atomic E-state index is 12.2. The number of aromatic nitrogens is 1. The topological polar surface area (TPSA) is 111 Å². The summed E-state index contributed by atoms with van der Waals surface area (Å²) in [6.45, 7) is 0.0900. The molecule has 1 atom stereocenters. The predicted molar refractivity (Wildman–Crippen MR) is 110 cm³/mol. The normalized spacial score (nSPS) is 11.8. The highest BCUT2D eigenvalue weighted by molar-refractivity contribution is 6.30. The zero-order valence-electron chi connectivity index (χ0n) is 15.4. The van der Waals surface area contributed by atoms with Gasteiger partial charge in [-0.05, 0) is 35.9 Å². The lowest BCUT2D eigenvalue weighted by Gasteiger charge is -2.14. The fourth-order valence-electron chi connectivity index (χ4n) is 2.98. The average Bonchev–Trinajstić information content (AvgIpc) is 3.11. The smallest absolute Gasteiger partial charge is 0.326 e. The van der Waals surface area contributed by atoms with Crippen LogP contribution in [0.5, 0.6) is 0 Å². The second-order valence-corrected chi connectivity index (χ2v) is 6.97. The molecular formula is C21H20ClN3O4. The Balaban J connectivity index is 1.52. The predicted octanol–water partition coefficient (Wildman–Crippen LogP) is 2.75. The molecule has 1 unspecified atom stereocenters. The van der Waals surface area contributed by atoms with Crippen molar-refractivity contribution in [3.63, 3.8) is 0 Å². The molecule has 3 aromatic rings. The van der Waals surface area contributed by atoms with Crippen molar-refractivity contribution >= 4 is 40.3 Å². The molecule has 0 saturated heterocycles. The van der Waals surface area contributed by atoms with E-state index in [1.165, 1.54) is 0 Å². The molecule has 1 heterocycles. The number of rotatable bonds is 8. The molecule has 150 valence electrons. The fraction of sp³-hybridized carbons (Fsp3) is 0.190. The molecule has 0 bridgehead atoms. The van der Waals surface area contributed by atoms with Crippen molar-refractivity contribution in [1.82, 2.24) is 15.6 Å². The first-order chi connectivity index (χ1) is 13.9. The van der Waals surface area contributed by atoms with Crippen molar-refractivity contribution in [2.45, 2.75) is 18.9 Å². The van der Waals surface area contributed by atoms with Crippen LogP contribution < -0.4 is 10.6 Å². The molecule has 0 aliphatic heterocycles. The van der Waals surface area contributed by atoms with Gasteiger partial charge in [-0.3, -0.25) is 9.59 Å². The molecule has 0 radical (unpaired) electrons. The third-order valence-electron chi connectivity index (χ3n) is 4.48. The number of fused-ring (bicyclic) bond motifs is 1. The second-order valence-electron chi connectivity index (χ2n) is 6.53. The zero-order valence-corrected chi connectivity index (χ0v) is 16.2. The number of carboxylic acid groups (broad SMARTS) is 1. The van der Waals surface area contributed by atoms with Crippen molar-refractivity contribution in [1.29, 1.82) is 0 Å². The lowest BCUT2D eigenvalue weighted by atomic mass is 10.0. The molecule has 0 fully saturated rings. The number of nitrogens with one attached hydrogen (secondary N) is 3. The Labute approximate surface area is 172 Å². The van der Waals surface area contributed by atoms with Crippen LogP contribution in [0.2, 0.25) is 5.02 Å². The van der Waals surface area contributed by atoms with Crippen LogP contribution in [0.25, 0.3) is 10.9 Å². The molecular weight excluding hydrogens is 394 g/mol. The van der Waals surface area contributed by atoms with E-state index in [4.69, 9.17) is 11.6 Å². The number of hydrogen-bond donors (Lipinski definition) is 4. The van der Waals surface area contributed by atoms with E-state index in [1.54, 1.807) is 30.5 Å². The van der Waals surface area contributed by atoms with Crippen molar-refractivity contribution in [3.05, 3.63) is 70.9 Å². The van der Waals surface area contributed by atoms with Crippen LogP contribution in [0, 0.1) is 0 Å². The minimum atomic E-state index is -1.12. The van der Waals surface area contributed by atoms with Crippen molar-refractivity contribution < 1.29 is 19.5 Å². The quantitative estimate of drug-likeness (QED) is 0.455. The number of carbonyl (C=O) groups excluding carboxylic acids is 2. The van der Waals surface area contributed by atoms with Gasteiger partial charge in [0.05, 0.1) is 0 Å². The highest BCUT2D eigenvalue weighted by Gasteiger charge is 2.21. The van der Waals surface area contributed by atoms with Crippen LogP contribution in [0.4, 0.5) is 0 Å². The van der Waals surface area contributed by atoms with E-state index in [2.05, 4.69) is 15.6 Å². The Kier molecular flexibility index (Phi) is 6.51. The lowest BCUT2D eigenvalue weighted by molar-refractivity contribution is -0.141. The van der Waals surface area contributed by atoms with E-state index in [0.29, 0.717) is 10.6 Å². The minimum absolute atomic E-state index is 0.0308.